The van der Waals surface area contributed by atoms with Crippen LogP contribution in [0.2, 0.25) is 0 Å². The summed E-state index contributed by atoms with van der Waals surface area (Å²) in [6, 6.07) is 8.56. The van der Waals surface area contributed by atoms with E-state index in [0.29, 0.717) is 17.8 Å². The van der Waals surface area contributed by atoms with Gasteiger partial charge in [-0.05, 0) is 24.6 Å². The number of hydrogen-bond donors (Lipinski definition) is 3. The number of aryl methyl sites for hydroxylation is 1. The zero-order valence-electron chi connectivity index (χ0n) is 10.8. The number of anilines is 1. The molecule has 2 aromatic rings. The maximum atomic E-state index is 11.8. The third-order valence-corrected chi connectivity index (χ3v) is 2.58. The number of nitrogens with two attached hydrogens (primary N) is 1. The number of oxime groups is 1. The molecule has 0 saturated carbocycles. The zero-order chi connectivity index (χ0) is 14.5. The Morgan fingerprint density at radius 2 is 2.15 bits per heavy atom. The number of nitrogens with zero attached hydrogens (tertiary/aromatic N) is 2. The molecule has 7 nitrogen and oxygen atoms in total. The Kier molecular flexibility index (Phi) is 3.99. The van der Waals surface area contributed by atoms with Crippen LogP contribution in [0.4, 0.5) is 5.69 Å². The molecule has 2 rings (SSSR count). The fraction of sp³-hybridized carbons (Fsp3) is 0.154. The largest absolute Gasteiger partial charge is 0.409 e. The highest BCUT2D eigenvalue weighted by Gasteiger charge is 2.11. The van der Waals surface area contributed by atoms with Crippen LogP contribution in [0, 0.1) is 6.92 Å². The second kappa shape index (κ2) is 5.87. The van der Waals surface area contributed by atoms with Crippen molar-refractivity contribution in [3.05, 3.63) is 47.3 Å². The summed E-state index contributed by atoms with van der Waals surface area (Å²) < 4.78 is 4.87. The predicted octanol–water partition coefficient (Wildman–Crippen LogP) is 1.52. The first kappa shape index (κ1) is 13.6. The number of amides is 1. The SMILES string of the molecule is Cc1cc(C(=O)Nc2ccc(CC(N)=NO)cc2)on1. The van der Waals surface area contributed by atoms with E-state index in [4.69, 9.17) is 15.5 Å². The Balaban J connectivity index is 2.02. The first-order valence-electron chi connectivity index (χ1n) is 5.88. The lowest BCUT2D eigenvalue weighted by Crippen LogP contribution is -2.15. The van der Waals surface area contributed by atoms with Crippen LogP contribution >= 0.6 is 0 Å². The molecule has 1 aromatic heterocycles. The molecular formula is C13H14N4O3. The zero-order valence-corrected chi connectivity index (χ0v) is 10.8. The molecule has 0 aliphatic carbocycles. The van der Waals surface area contributed by atoms with Gasteiger partial charge in [0.1, 0.15) is 5.84 Å². The molecule has 20 heavy (non-hydrogen) atoms. The molecule has 0 bridgehead atoms. The van der Waals surface area contributed by atoms with Gasteiger partial charge in [-0.3, -0.25) is 4.79 Å². The normalized spacial score (nSPS) is 11.3. The average Bonchev–Trinajstić information content (AvgIpc) is 2.87. The van der Waals surface area contributed by atoms with Crippen LogP contribution in [-0.4, -0.2) is 22.1 Å². The lowest BCUT2D eigenvalue weighted by Gasteiger charge is -2.04. The number of carbonyl (C=O) groups excluding carboxylic acids is 1. The van der Waals surface area contributed by atoms with Gasteiger partial charge in [-0.25, -0.2) is 0 Å². The molecule has 4 N–H and O–H groups in total. The molecule has 0 unspecified atom stereocenters. The van der Waals surface area contributed by atoms with Gasteiger partial charge < -0.3 is 20.8 Å². The molecule has 104 valence electrons. The number of nitrogens with one attached hydrogen (secondary N) is 1. The maximum Gasteiger partial charge on any atom is 0.294 e. The minimum absolute atomic E-state index is 0.124. The molecule has 1 heterocycles. The van der Waals surface area contributed by atoms with Crippen molar-refractivity contribution in [2.45, 2.75) is 13.3 Å². The van der Waals surface area contributed by atoms with Crippen LogP contribution < -0.4 is 11.1 Å². The molecule has 0 spiro atoms. The number of aromatic nitrogens is 1. The van der Waals surface area contributed by atoms with Crippen LogP contribution in [-0.2, 0) is 6.42 Å². The molecule has 7 heteroatoms. The molecule has 0 fully saturated rings. The Bertz CT molecular complexity index is 631. The van der Waals surface area contributed by atoms with Crippen LogP contribution in [0.5, 0.6) is 0 Å². The van der Waals surface area contributed by atoms with Gasteiger partial charge in [0.25, 0.3) is 5.91 Å². The Labute approximate surface area is 115 Å². The van der Waals surface area contributed by atoms with E-state index in [2.05, 4.69) is 15.6 Å². The van der Waals surface area contributed by atoms with Gasteiger partial charge in [0.05, 0.1) is 5.69 Å². The van der Waals surface area contributed by atoms with Crippen molar-refractivity contribution in [2.75, 3.05) is 5.32 Å². The van der Waals surface area contributed by atoms with E-state index in [9.17, 15) is 4.79 Å². The molecule has 0 aliphatic heterocycles. The van der Waals surface area contributed by atoms with Gasteiger partial charge in [0, 0.05) is 18.2 Å². The van der Waals surface area contributed by atoms with Gasteiger partial charge in [-0.2, -0.15) is 0 Å². The van der Waals surface area contributed by atoms with Crippen LogP contribution in [0.15, 0.2) is 40.0 Å². The molecule has 0 aliphatic rings. The summed E-state index contributed by atoms with van der Waals surface area (Å²) >= 11 is 0. The highest BCUT2D eigenvalue weighted by molar-refractivity contribution is 6.02. The fourth-order valence-corrected chi connectivity index (χ4v) is 1.61. The quantitative estimate of drug-likeness (QED) is 0.338. The monoisotopic (exact) mass is 274 g/mol. The van der Waals surface area contributed by atoms with Crippen molar-refractivity contribution in [3.8, 4) is 0 Å². The fourth-order valence-electron chi connectivity index (χ4n) is 1.61. The Morgan fingerprint density at radius 1 is 1.45 bits per heavy atom. The van der Waals surface area contributed by atoms with Crippen LogP contribution in [0.1, 0.15) is 21.8 Å². The second-order valence-electron chi connectivity index (χ2n) is 4.25. The van der Waals surface area contributed by atoms with Crippen molar-refractivity contribution in [3.63, 3.8) is 0 Å². The summed E-state index contributed by atoms with van der Waals surface area (Å²) in [4.78, 5) is 11.8. The van der Waals surface area contributed by atoms with Gasteiger partial charge in [0.2, 0.25) is 5.76 Å². The minimum Gasteiger partial charge on any atom is -0.409 e. The summed E-state index contributed by atoms with van der Waals surface area (Å²) in [6.07, 6.45) is 0.339. The smallest absolute Gasteiger partial charge is 0.294 e. The third kappa shape index (κ3) is 3.35. The average molecular weight is 274 g/mol. The lowest BCUT2D eigenvalue weighted by atomic mass is 10.1. The number of amidine groups is 1. The van der Waals surface area contributed by atoms with Crippen LogP contribution in [0.3, 0.4) is 0 Å². The summed E-state index contributed by atoms with van der Waals surface area (Å²) in [5, 5.41) is 17.7. The van der Waals surface area contributed by atoms with Crippen molar-refractivity contribution < 1.29 is 14.5 Å². The lowest BCUT2D eigenvalue weighted by molar-refractivity contribution is 0.0988. The van der Waals surface area contributed by atoms with E-state index in [1.807, 2.05) is 0 Å². The molecule has 0 atom stereocenters. The van der Waals surface area contributed by atoms with Crippen molar-refractivity contribution in [1.29, 1.82) is 0 Å². The minimum atomic E-state index is -0.366. The topological polar surface area (TPSA) is 114 Å². The van der Waals surface area contributed by atoms with E-state index in [1.54, 1.807) is 37.3 Å². The molecule has 0 saturated heterocycles. The van der Waals surface area contributed by atoms with E-state index in [0.717, 1.165) is 5.56 Å². The number of rotatable bonds is 4. The third-order valence-electron chi connectivity index (χ3n) is 2.58. The van der Waals surface area contributed by atoms with Gasteiger partial charge in [0.15, 0.2) is 0 Å². The molecular weight excluding hydrogens is 260 g/mol. The Hall–Kier alpha value is -2.83. The summed E-state index contributed by atoms with van der Waals surface area (Å²) in [6.45, 7) is 1.74. The van der Waals surface area contributed by atoms with E-state index in [-0.39, 0.29) is 17.5 Å². The van der Waals surface area contributed by atoms with Crippen molar-refractivity contribution in [2.24, 2.45) is 10.9 Å². The summed E-state index contributed by atoms with van der Waals surface area (Å²) in [5.41, 5.74) is 7.54. The Morgan fingerprint density at radius 3 is 2.70 bits per heavy atom. The maximum absolute atomic E-state index is 11.8. The molecule has 0 radical (unpaired) electrons. The van der Waals surface area contributed by atoms with Gasteiger partial charge in [-0.1, -0.05) is 22.4 Å². The highest BCUT2D eigenvalue weighted by Crippen LogP contribution is 2.12. The first-order valence-corrected chi connectivity index (χ1v) is 5.88. The second-order valence-corrected chi connectivity index (χ2v) is 4.25. The summed E-state index contributed by atoms with van der Waals surface area (Å²) in [5.74, 6) is -0.0862. The standard InChI is InChI=1S/C13H14N4O3/c1-8-6-11(20-17-8)13(18)15-10-4-2-9(3-5-10)7-12(14)16-19/h2-6,19H,7H2,1H3,(H2,14,16)(H,15,18). The van der Waals surface area contributed by atoms with E-state index >= 15 is 0 Å². The van der Waals surface area contributed by atoms with E-state index in [1.165, 1.54) is 0 Å². The van der Waals surface area contributed by atoms with E-state index < -0.39 is 0 Å². The summed E-state index contributed by atoms with van der Waals surface area (Å²) in [7, 11) is 0. The number of hydrogen-bond acceptors (Lipinski definition) is 5. The predicted molar refractivity (Wildman–Crippen MR) is 72.7 cm³/mol. The van der Waals surface area contributed by atoms with Crippen molar-refractivity contribution in [1.82, 2.24) is 5.16 Å². The first-order chi connectivity index (χ1) is 9.58. The van der Waals surface area contributed by atoms with Gasteiger partial charge >= 0.3 is 0 Å². The number of benzene rings is 1. The van der Waals surface area contributed by atoms with Gasteiger partial charge in [-0.15, -0.1) is 0 Å². The molecule has 1 amide bonds. The molecule has 1 aromatic carbocycles. The highest BCUT2D eigenvalue weighted by atomic mass is 16.5. The van der Waals surface area contributed by atoms with Crippen molar-refractivity contribution >= 4 is 17.4 Å². The number of carbonyl (C=O) groups is 1. The van der Waals surface area contributed by atoms with Crippen LogP contribution in [0.25, 0.3) is 0 Å².